The van der Waals surface area contributed by atoms with Crippen LogP contribution in [-0.2, 0) is 10.2 Å². The smallest absolute Gasteiger partial charge is 0.268 e. The van der Waals surface area contributed by atoms with E-state index in [4.69, 9.17) is 9.47 Å². The molecule has 1 saturated carbocycles. The summed E-state index contributed by atoms with van der Waals surface area (Å²) in [4.78, 5) is 28.7. The fourth-order valence-corrected chi connectivity index (χ4v) is 3.96. The van der Waals surface area contributed by atoms with E-state index in [1.165, 1.54) is 0 Å². The van der Waals surface area contributed by atoms with E-state index in [9.17, 15) is 9.59 Å². The predicted molar refractivity (Wildman–Crippen MR) is 122 cm³/mol. The fraction of sp³-hybridized carbons (Fsp3) is 0.333. The van der Waals surface area contributed by atoms with E-state index in [-0.39, 0.29) is 27.0 Å². The van der Waals surface area contributed by atoms with E-state index >= 15 is 0 Å². The molecule has 3 aromatic rings. The van der Waals surface area contributed by atoms with E-state index in [0.29, 0.717) is 22.9 Å². The Labute approximate surface area is 183 Å². The van der Waals surface area contributed by atoms with Gasteiger partial charge in [0.2, 0.25) is 12.7 Å². The number of aromatic amines is 1. The zero-order chi connectivity index (χ0) is 21.8. The van der Waals surface area contributed by atoms with Crippen LogP contribution >= 0.6 is 0 Å². The van der Waals surface area contributed by atoms with Crippen molar-refractivity contribution >= 4 is 28.4 Å². The van der Waals surface area contributed by atoms with Gasteiger partial charge in [0.05, 0.1) is 5.41 Å². The zero-order valence-electron chi connectivity index (χ0n) is 17.8. The first-order valence-corrected chi connectivity index (χ1v) is 10.4. The van der Waals surface area contributed by atoms with Crippen LogP contribution in [0, 0.1) is 0 Å². The highest BCUT2D eigenvalue weighted by atomic mass is 16.7. The van der Waals surface area contributed by atoms with Crippen LogP contribution in [0.3, 0.4) is 0 Å². The number of anilines is 1. The number of carbonyl (C=O) groups excluding carboxylic acids is 2. The van der Waals surface area contributed by atoms with Crippen LogP contribution in [0.1, 0.15) is 52.5 Å². The predicted octanol–water partition coefficient (Wildman–Crippen LogP) is 4.59. The summed E-state index contributed by atoms with van der Waals surface area (Å²) in [5.41, 5.74) is 2.12. The molecule has 2 heterocycles. The van der Waals surface area contributed by atoms with Gasteiger partial charge >= 0.3 is 0 Å². The molecule has 164 valence electrons. The minimum atomic E-state index is -0.536. The maximum atomic E-state index is 13.1. The molecule has 1 fully saturated rings. The Morgan fingerprint density at radius 3 is 2.55 bits per heavy atom. The Bertz CT molecular complexity index is 1210. The lowest BCUT2D eigenvalue weighted by atomic mass is 9.94. The number of carbonyl (C=O) groups is 2. The van der Waals surface area contributed by atoms with Crippen molar-refractivity contribution in [1.82, 2.24) is 10.3 Å². The van der Waals surface area contributed by atoms with Crippen LogP contribution in [0.25, 0.3) is 10.9 Å². The van der Waals surface area contributed by atoms with Crippen molar-refractivity contribution in [1.29, 1.82) is 0 Å². The molecule has 5 rings (SSSR count). The third kappa shape index (κ3) is 3.60. The summed E-state index contributed by atoms with van der Waals surface area (Å²) in [7, 11) is 0. The van der Waals surface area contributed by atoms with Crippen LogP contribution in [-0.4, -0.2) is 29.1 Å². The quantitative estimate of drug-likeness (QED) is 0.572. The second kappa shape index (κ2) is 6.77. The first-order chi connectivity index (χ1) is 14.7. The van der Waals surface area contributed by atoms with Gasteiger partial charge in [-0.3, -0.25) is 9.59 Å². The van der Waals surface area contributed by atoms with Gasteiger partial charge in [0, 0.05) is 25.0 Å². The van der Waals surface area contributed by atoms with Crippen LogP contribution in [0.4, 0.5) is 5.69 Å². The Hall–Kier alpha value is -3.48. The third-order valence-corrected chi connectivity index (χ3v) is 5.72. The minimum absolute atomic E-state index is 0. The average Bonchev–Trinajstić information content (AvgIpc) is 3.19. The second-order valence-electron chi connectivity index (χ2n) is 9.29. The van der Waals surface area contributed by atoms with Gasteiger partial charge in [-0.15, -0.1) is 0 Å². The normalized spacial score (nSPS) is 16.2. The second-order valence-corrected chi connectivity index (χ2v) is 9.29. The Morgan fingerprint density at radius 1 is 1.03 bits per heavy atom. The molecule has 2 aliphatic rings. The summed E-state index contributed by atoms with van der Waals surface area (Å²) >= 11 is 0. The maximum Gasteiger partial charge on any atom is 0.268 e. The Morgan fingerprint density at radius 2 is 1.81 bits per heavy atom. The largest absolute Gasteiger partial charge is 0.454 e. The van der Waals surface area contributed by atoms with E-state index in [0.717, 1.165) is 29.3 Å². The number of amides is 2. The van der Waals surface area contributed by atoms with E-state index < -0.39 is 5.41 Å². The number of benzene rings is 2. The number of hydrogen-bond acceptors (Lipinski definition) is 4. The molecule has 3 N–H and O–H groups in total. The van der Waals surface area contributed by atoms with Gasteiger partial charge in [0.25, 0.3) is 5.91 Å². The molecule has 31 heavy (non-hydrogen) atoms. The summed E-state index contributed by atoms with van der Waals surface area (Å²) in [6.45, 7) is 6.03. The van der Waals surface area contributed by atoms with Crippen molar-refractivity contribution in [2.45, 2.75) is 44.6 Å². The zero-order valence-corrected chi connectivity index (χ0v) is 17.8. The topological polar surface area (TPSA) is 92.5 Å². The van der Waals surface area contributed by atoms with Crippen molar-refractivity contribution in [3.63, 3.8) is 0 Å². The van der Waals surface area contributed by atoms with E-state index in [1.807, 2.05) is 57.2 Å². The lowest BCUT2D eigenvalue weighted by molar-refractivity contribution is -0.118. The van der Waals surface area contributed by atoms with E-state index in [1.54, 1.807) is 6.07 Å². The third-order valence-electron chi connectivity index (χ3n) is 5.72. The Balaban J connectivity index is 0.00000153. The number of rotatable bonds is 4. The number of H-pyrrole nitrogens is 1. The number of fused-ring (bicyclic) bond motifs is 2. The van der Waals surface area contributed by atoms with Crippen molar-refractivity contribution in [3.8, 4) is 11.5 Å². The number of aromatic nitrogens is 1. The average molecular weight is 424 g/mol. The standard InChI is InChI=1S/C24H25N3O4.2H2/c1-23(2,3)27-21(28)18-11-14-10-16(5-6-17(14)26-18)25-22(29)24(8-9-24)15-4-7-19-20(12-15)31-13-30-19;;/h4-7,10-12,26H,8-9,13H2,1-3H3,(H,25,29)(H,27,28);2*1H. The Kier molecular flexibility index (Phi) is 4.25. The molecule has 0 saturated heterocycles. The highest BCUT2D eigenvalue weighted by Crippen LogP contribution is 2.51. The van der Waals surface area contributed by atoms with Gasteiger partial charge in [0.1, 0.15) is 5.69 Å². The van der Waals surface area contributed by atoms with Crippen LogP contribution in [0.5, 0.6) is 11.5 Å². The SMILES string of the molecule is CC(C)(C)NC(=O)c1cc2cc(NC(=O)C3(c4ccc5c(c4)OCO5)CC3)ccc2[nH]1.[HH].[HH]. The first kappa shape index (κ1) is 19.5. The van der Waals surface area contributed by atoms with Crippen molar-refractivity contribution < 1.29 is 21.9 Å². The molecular formula is C24H29N3O4. The lowest BCUT2D eigenvalue weighted by Crippen LogP contribution is -2.40. The molecule has 0 unspecified atom stereocenters. The molecule has 1 aliphatic carbocycles. The van der Waals surface area contributed by atoms with Gasteiger partial charge in [-0.1, -0.05) is 6.07 Å². The van der Waals surface area contributed by atoms with Crippen LogP contribution < -0.4 is 20.1 Å². The summed E-state index contributed by atoms with van der Waals surface area (Å²) in [5.74, 6) is 1.21. The van der Waals surface area contributed by atoms with Gasteiger partial charge in [-0.25, -0.2) is 0 Å². The molecule has 0 atom stereocenters. The highest BCUT2D eigenvalue weighted by Gasteiger charge is 2.51. The van der Waals surface area contributed by atoms with Gasteiger partial charge in [-0.2, -0.15) is 0 Å². The number of hydrogen-bond donors (Lipinski definition) is 3. The summed E-state index contributed by atoms with van der Waals surface area (Å²) in [6, 6.07) is 13.1. The summed E-state index contributed by atoms with van der Waals surface area (Å²) < 4.78 is 10.8. The van der Waals surface area contributed by atoms with Gasteiger partial charge in [-0.05, 0) is 75.6 Å². The van der Waals surface area contributed by atoms with E-state index in [2.05, 4.69) is 15.6 Å². The molecule has 7 nitrogen and oxygen atoms in total. The molecule has 0 spiro atoms. The minimum Gasteiger partial charge on any atom is -0.454 e. The van der Waals surface area contributed by atoms with Gasteiger partial charge in [0.15, 0.2) is 11.5 Å². The lowest BCUT2D eigenvalue weighted by Gasteiger charge is -2.19. The highest BCUT2D eigenvalue weighted by molar-refractivity contribution is 6.03. The van der Waals surface area contributed by atoms with Gasteiger partial charge < -0.3 is 25.1 Å². The number of nitrogens with one attached hydrogen (secondary N) is 3. The summed E-state index contributed by atoms with van der Waals surface area (Å²) in [6.07, 6.45) is 1.59. The number of ether oxygens (including phenoxy) is 2. The molecular weight excluding hydrogens is 394 g/mol. The molecule has 0 bridgehead atoms. The van der Waals surface area contributed by atoms with Crippen LogP contribution in [0.15, 0.2) is 42.5 Å². The van der Waals surface area contributed by atoms with Crippen molar-refractivity contribution in [3.05, 3.63) is 53.7 Å². The monoisotopic (exact) mass is 423 g/mol. The van der Waals surface area contributed by atoms with Crippen molar-refractivity contribution in [2.75, 3.05) is 12.1 Å². The molecule has 7 heteroatoms. The molecule has 1 aromatic heterocycles. The molecule has 2 aromatic carbocycles. The first-order valence-electron chi connectivity index (χ1n) is 10.4. The summed E-state index contributed by atoms with van der Waals surface area (Å²) in [5, 5.41) is 6.87. The van der Waals surface area contributed by atoms with Crippen LogP contribution in [0.2, 0.25) is 0 Å². The molecule has 2 amide bonds. The van der Waals surface area contributed by atoms with Crippen molar-refractivity contribution in [2.24, 2.45) is 0 Å². The fourth-order valence-electron chi connectivity index (χ4n) is 3.96. The maximum absolute atomic E-state index is 13.1. The molecule has 0 radical (unpaired) electrons. The molecule has 1 aliphatic heterocycles.